The predicted molar refractivity (Wildman–Crippen MR) is 67.8 cm³/mol. The van der Waals surface area contributed by atoms with Gasteiger partial charge in [-0.2, -0.15) is 5.26 Å². The molecule has 0 aliphatic rings. The van der Waals surface area contributed by atoms with Crippen molar-refractivity contribution >= 4 is 11.6 Å². The van der Waals surface area contributed by atoms with E-state index in [2.05, 4.69) is 4.98 Å². The summed E-state index contributed by atoms with van der Waals surface area (Å²) in [5.74, 6) is 0.191. The summed E-state index contributed by atoms with van der Waals surface area (Å²) >= 11 is 0. The molecule has 0 aromatic carbocycles. The van der Waals surface area contributed by atoms with Crippen molar-refractivity contribution in [2.75, 3.05) is 11.4 Å². The van der Waals surface area contributed by atoms with Crippen molar-refractivity contribution in [1.82, 2.24) is 4.98 Å². The average molecular weight is 245 g/mol. The van der Waals surface area contributed by atoms with Gasteiger partial charge in [0.05, 0.1) is 12.5 Å². The molecule has 0 fully saturated rings. The number of pyridine rings is 1. The van der Waals surface area contributed by atoms with Crippen LogP contribution in [0.3, 0.4) is 0 Å². The van der Waals surface area contributed by atoms with Crippen molar-refractivity contribution in [1.29, 1.82) is 5.26 Å². The molecule has 1 aromatic heterocycles. The van der Waals surface area contributed by atoms with Gasteiger partial charge in [0.2, 0.25) is 0 Å². The molecule has 0 radical (unpaired) electrons. The highest BCUT2D eigenvalue weighted by atomic mass is 16.3. The Labute approximate surface area is 106 Å². The highest BCUT2D eigenvalue weighted by Gasteiger charge is 2.19. The van der Waals surface area contributed by atoms with Crippen molar-refractivity contribution < 1.29 is 9.90 Å². The van der Waals surface area contributed by atoms with Gasteiger partial charge in [-0.1, -0.05) is 6.07 Å². The largest absolute Gasteiger partial charge is 0.510 e. The Hall–Kier alpha value is -2.35. The van der Waals surface area contributed by atoms with E-state index < -0.39 is 0 Å². The minimum Gasteiger partial charge on any atom is -0.510 e. The maximum Gasteiger partial charge on any atom is 0.179 e. The van der Waals surface area contributed by atoms with Crippen LogP contribution in [0.4, 0.5) is 5.82 Å². The van der Waals surface area contributed by atoms with Gasteiger partial charge in [0.25, 0.3) is 0 Å². The van der Waals surface area contributed by atoms with E-state index in [0.717, 1.165) is 0 Å². The minimum atomic E-state index is -0.265. The summed E-state index contributed by atoms with van der Waals surface area (Å²) in [6.45, 7) is 3.12. The van der Waals surface area contributed by atoms with Crippen LogP contribution >= 0.6 is 0 Å². The van der Waals surface area contributed by atoms with E-state index in [0.29, 0.717) is 12.4 Å². The molecule has 0 saturated heterocycles. The molecule has 1 aromatic rings. The fraction of sp³-hybridized carbons (Fsp3) is 0.308. The van der Waals surface area contributed by atoms with Crippen LogP contribution in [0.5, 0.6) is 0 Å². The van der Waals surface area contributed by atoms with E-state index in [1.165, 1.54) is 13.8 Å². The van der Waals surface area contributed by atoms with E-state index in [4.69, 9.17) is 5.26 Å². The van der Waals surface area contributed by atoms with Gasteiger partial charge >= 0.3 is 0 Å². The number of aliphatic hydroxyl groups excluding tert-OH is 1. The normalized spacial score (nSPS) is 11.4. The molecule has 1 rings (SSSR count). The number of aromatic nitrogens is 1. The molecule has 18 heavy (non-hydrogen) atoms. The maximum absolute atomic E-state index is 11.6. The van der Waals surface area contributed by atoms with E-state index in [1.54, 1.807) is 29.3 Å². The summed E-state index contributed by atoms with van der Waals surface area (Å²) in [5, 5.41) is 18.3. The summed E-state index contributed by atoms with van der Waals surface area (Å²) in [7, 11) is 0. The summed E-state index contributed by atoms with van der Waals surface area (Å²) < 4.78 is 0. The van der Waals surface area contributed by atoms with E-state index in [9.17, 15) is 9.90 Å². The summed E-state index contributed by atoms with van der Waals surface area (Å²) in [6, 6.07) is 7.28. The number of Topliss-reactive ketones (excluding diaryl/α,β-unsaturated/α-hetero) is 1. The predicted octanol–water partition coefficient (Wildman–Crippen LogP) is 2.18. The molecule has 1 heterocycles. The summed E-state index contributed by atoms with van der Waals surface area (Å²) in [5.41, 5.74) is 0.170. The van der Waals surface area contributed by atoms with Gasteiger partial charge in [-0.25, -0.2) is 4.98 Å². The SMILES string of the molecule is CC(=O)/C(=C(/C)O)N(CCC#N)c1ccccn1. The van der Waals surface area contributed by atoms with Crippen molar-refractivity contribution in [2.45, 2.75) is 20.3 Å². The minimum absolute atomic E-state index is 0.0777. The number of anilines is 1. The fourth-order valence-corrected chi connectivity index (χ4v) is 1.66. The zero-order valence-corrected chi connectivity index (χ0v) is 10.4. The molecule has 0 unspecified atom stereocenters. The molecule has 0 aliphatic carbocycles. The van der Waals surface area contributed by atoms with Gasteiger partial charge in [-0.15, -0.1) is 0 Å². The zero-order chi connectivity index (χ0) is 13.5. The molecule has 5 heteroatoms. The third-order valence-corrected chi connectivity index (χ3v) is 2.32. The lowest BCUT2D eigenvalue weighted by atomic mass is 10.2. The Morgan fingerprint density at radius 1 is 1.50 bits per heavy atom. The Bertz CT molecular complexity index is 485. The number of ketones is 1. The monoisotopic (exact) mass is 245 g/mol. The van der Waals surface area contributed by atoms with Crippen LogP contribution in [-0.2, 0) is 4.79 Å². The van der Waals surface area contributed by atoms with Crippen LogP contribution < -0.4 is 4.90 Å². The first-order valence-corrected chi connectivity index (χ1v) is 5.54. The summed E-state index contributed by atoms with van der Waals surface area (Å²) in [6.07, 6.45) is 1.83. The van der Waals surface area contributed by atoms with Gasteiger partial charge in [0, 0.05) is 19.7 Å². The van der Waals surface area contributed by atoms with Crippen LogP contribution in [0.15, 0.2) is 35.9 Å². The third-order valence-electron chi connectivity index (χ3n) is 2.32. The van der Waals surface area contributed by atoms with Gasteiger partial charge in [0.15, 0.2) is 5.78 Å². The molecule has 0 saturated carbocycles. The fourth-order valence-electron chi connectivity index (χ4n) is 1.66. The molecule has 94 valence electrons. The number of aliphatic hydroxyl groups is 1. The topological polar surface area (TPSA) is 77.2 Å². The number of carbonyl (C=O) groups excluding carboxylic acids is 1. The summed E-state index contributed by atoms with van der Waals surface area (Å²) in [4.78, 5) is 17.3. The molecular formula is C13H15N3O2. The number of allylic oxidation sites excluding steroid dienone is 2. The van der Waals surface area contributed by atoms with Gasteiger partial charge < -0.3 is 10.0 Å². The first-order valence-electron chi connectivity index (χ1n) is 5.54. The van der Waals surface area contributed by atoms with E-state index >= 15 is 0 Å². The highest BCUT2D eigenvalue weighted by molar-refractivity contribution is 5.97. The second kappa shape index (κ2) is 6.40. The molecule has 0 spiro atoms. The van der Waals surface area contributed by atoms with Crippen molar-refractivity contribution in [2.24, 2.45) is 0 Å². The molecular weight excluding hydrogens is 230 g/mol. The number of nitriles is 1. The lowest BCUT2D eigenvalue weighted by Crippen LogP contribution is -2.29. The van der Waals surface area contributed by atoms with Gasteiger partial charge in [-0.3, -0.25) is 4.79 Å². The Kier molecular flexibility index (Phi) is 4.88. The lowest BCUT2D eigenvalue weighted by Gasteiger charge is -2.24. The first-order chi connectivity index (χ1) is 8.57. The first kappa shape index (κ1) is 13.7. The van der Waals surface area contributed by atoms with E-state index in [1.807, 2.05) is 6.07 Å². The van der Waals surface area contributed by atoms with Crippen molar-refractivity contribution in [3.8, 4) is 6.07 Å². The third kappa shape index (κ3) is 3.32. The second-order valence-electron chi connectivity index (χ2n) is 3.74. The molecule has 0 bridgehead atoms. The Morgan fingerprint density at radius 2 is 2.22 bits per heavy atom. The highest BCUT2D eigenvalue weighted by Crippen LogP contribution is 2.19. The standard InChI is InChI=1S/C13H15N3O2/c1-10(17)13(11(2)18)16(9-5-7-14)12-6-3-4-8-15-12/h3-4,6,8,17H,5,9H2,1-2H3/b13-10+. The number of hydrogen-bond donors (Lipinski definition) is 1. The maximum atomic E-state index is 11.6. The lowest BCUT2D eigenvalue weighted by molar-refractivity contribution is -0.113. The molecule has 0 atom stereocenters. The second-order valence-corrected chi connectivity index (χ2v) is 3.74. The Morgan fingerprint density at radius 3 is 2.67 bits per heavy atom. The average Bonchev–Trinajstić information content (AvgIpc) is 2.34. The zero-order valence-electron chi connectivity index (χ0n) is 10.4. The quantitative estimate of drug-likeness (QED) is 0.635. The molecule has 5 nitrogen and oxygen atoms in total. The van der Waals surface area contributed by atoms with Gasteiger partial charge in [0.1, 0.15) is 17.3 Å². The number of hydrogen-bond acceptors (Lipinski definition) is 5. The smallest absolute Gasteiger partial charge is 0.179 e. The number of nitrogens with zero attached hydrogens (tertiary/aromatic N) is 3. The number of rotatable bonds is 5. The molecule has 1 N–H and O–H groups in total. The Balaban J connectivity index is 3.18. The van der Waals surface area contributed by atoms with E-state index in [-0.39, 0.29) is 23.7 Å². The van der Waals surface area contributed by atoms with Crippen LogP contribution in [0.1, 0.15) is 20.3 Å². The van der Waals surface area contributed by atoms with Crippen molar-refractivity contribution in [3.05, 3.63) is 35.9 Å². The molecule has 0 aliphatic heterocycles. The van der Waals surface area contributed by atoms with Crippen LogP contribution in [0.25, 0.3) is 0 Å². The van der Waals surface area contributed by atoms with Gasteiger partial charge in [-0.05, 0) is 19.1 Å². The van der Waals surface area contributed by atoms with Crippen LogP contribution in [-0.4, -0.2) is 22.4 Å². The van der Waals surface area contributed by atoms with Crippen LogP contribution in [0, 0.1) is 11.3 Å². The van der Waals surface area contributed by atoms with Crippen molar-refractivity contribution in [3.63, 3.8) is 0 Å². The molecule has 0 amide bonds. The number of carbonyl (C=O) groups is 1. The van der Waals surface area contributed by atoms with Crippen LogP contribution in [0.2, 0.25) is 0 Å².